The molecule has 2 heteroatoms. The molecule has 0 aromatic heterocycles. The smallest absolute Gasteiger partial charge is 0.00672 e. The second-order valence-corrected chi connectivity index (χ2v) is 6.81. The molecule has 1 aliphatic heterocycles. The first kappa shape index (κ1) is 15.3. The van der Waals surface area contributed by atoms with Crippen molar-refractivity contribution in [3.05, 3.63) is 0 Å². The molecule has 2 fully saturated rings. The molecular weight excluding hydrogens is 232 g/mol. The van der Waals surface area contributed by atoms with Gasteiger partial charge in [-0.15, -0.1) is 0 Å². The molecule has 1 unspecified atom stereocenters. The molecule has 0 spiro atoms. The minimum absolute atomic E-state index is 0.821. The van der Waals surface area contributed by atoms with E-state index in [1.807, 2.05) is 0 Å². The van der Waals surface area contributed by atoms with Crippen LogP contribution in [0.25, 0.3) is 0 Å². The Morgan fingerprint density at radius 3 is 2.53 bits per heavy atom. The van der Waals surface area contributed by atoms with Gasteiger partial charge in [0.1, 0.15) is 0 Å². The van der Waals surface area contributed by atoms with Gasteiger partial charge in [-0.05, 0) is 77.4 Å². The Labute approximate surface area is 120 Å². The summed E-state index contributed by atoms with van der Waals surface area (Å²) < 4.78 is 0. The lowest BCUT2D eigenvalue weighted by Crippen LogP contribution is -2.40. The zero-order valence-corrected chi connectivity index (χ0v) is 13.2. The highest BCUT2D eigenvalue weighted by Crippen LogP contribution is 2.26. The monoisotopic (exact) mass is 266 g/mol. The first-order chi connectivity index (χ1) is 9.29. The number of nitrogens with zero attached hydrogens (tertiary/aromatic N) is 1. The van der Waals surface area contributed by atoms with E-state index in [9.17, 15) is 0 Å². The Balaban J connectivity index is 1.52. The third kappa shape index (κ3) is 5.07. The summed E-state index contributed by atoms with van der Waals surface area (Å²) in [6, 6.07) is 1.65. The van der Waals surface area contributed by atoms with Crippen molar-refractivity contribution >= 4 is 0 Å². The van der Waals surface area contributed by atoms with Gasteiger partial charge in [0.2, 0.25) is 0 Å². The maximum atomic E-state index is 3.79. The van der Waals surface area contributed by atoms with Crippen LogP contribution in [0.4, 0.5) is 0 Å². The van der Waals surface area contributed by atoms with Crippen LogP contribution in [0.1, 0.15) is 71.6 Å². The van der Waals surface area contributed by atoms with Crippen molar-refractivity contribution in [2.45, 2.75) is 83.7 Å². The molecule has 2 aliphatic rings. The van der Waals surface area contributed by atoms with Crippen molar-refractivity contribution in [2.75, 3.05) is 19.6 Å². The van der Waals surface area contributed by atoms with E-state index in [-0.39, 0.29) is 0 Å². The van der Waals surface area contributed by atoms with Crippen LogP contribution in [0.15, 0.2) is 0 Å². The van der Waals surface area contributed by atoms with E-state index in [2.05, 4.69) is 24.1 Å². The summed E-state index contributed by atoms with van der Waals surface area (Å²) in [7, 11) is 0. The van der Waals surface area contributed by atoms with Crippen LogP contribution < -0.4 is 5.32 Å². The van der Waals surface area contributed by atoms with Gasteiger partial charge >= 0.3 is 0 Å². The second kappa shape index (κ2) is 8.26. The Morgan fingerprint density at radius 1 is 1.05 bits per heavy atom. The summed E-state index contributed by atoms with van der Waals surface area (Å²) in [6.07, 6.45) is 12.7. The molecule has 1 saturated heterocycles. The molecule has 2 nitrogen and oxygen atoms in total. The van der Waals surface area contributed by atoms with Crippen molar-refractivity contribution < 1.29 is 0 Å². The lowest BCUT2D eigenvalue weighted by Gasteiger charge is -2.33. The first-order valence-electron chi connectivity index (χ1n) is 8.77. The van der Waals surface area contributed by atoms with Crippen LogP contribution in [0.2, 0.25) is 0 Å². The first-order valence-corrected chi connectivity index (χ1v) is 8.77. The molecular formula is C17H34N2. The van der Waals surface area contributed by atoms with Crippen molar-refractivity contribution in [1.29, 1.82) is 0 Å². The molecule has 1 heterocycles. The summed E-state index contributed by atoms with van der Waals surface area (Å²) in [5, 5.41) is 3.79. The van der Waals surface area contributed by atoms with E-state index in [0.29, 0.717) is 0 Å². The quantitative estimate of drug-likeness (QED) is 0.736. The fourth-order valence-corrected chi connectivity index (χ4v) is 3.85. The molecule has 2 rings (SSSR count). The third-order valence-electron chi connectivity index (χ3n) is 5.42. The molecule has 0 aromatic rings. The van der Waals surface area contributed by atoms with Gasteiger partial charge in [-0.25, -0.2) is 0 Å². The zero-order valence-electron chi connectivity index (χ0n) is 13.2. The number of likely N-dealkylation sites (tertiary alicyclic amines) is 1. The molecule has 0 radical (unpaired) electrons. The highest BCUT2D eigenvalue weighted by Gasteiger charge is 2.20. The van der Waals surface area contributed by atoms with Gasteiger partial charge < -0.3 is 10.2 Å². The van der Waals surface area contributed by atoms with Crippen molar-refractivity contribution in [3.8, 4) is 0 Å². The average Bonchev–Trinajstić information content (AvgIpc) is 2.46. The van der Waals surface area contributed by atoms with Gasteiger partial charge in [-0.2, -0.15) is 0 Å². The van der Waals surface area contributed by atoms with E-state index in [1.54, 1.807) is 0 Å². The van der Waals surface area contributed by atoms with Crippen LogP contribution >= 0.6 is 0 Å². The third-order valence-corrected chi connectivity index (χ3v) is 5.42. The van der Waals surface area contributed by atoms with E-state index >= 15 is 0 Å². The number of piperidine rings is 1. The fourth-order valence-electron chi connectivity index (χ4n) is 3.85. The highest BCUT2D eigenvalue weighted by molar-refractivity contribution is 4.77. The maximum Gasteiger partial charge on any atom is 0.00672 e. The molecule has 112 valence electrons. The van der Waals surface area contributed by atoms with Gasteiger partial charge in [-0.3, -0.25) is 0 Å². The normalized spacial score (nSPS) is 33.5. The van der Waals surface area contributed by atoms with Crippen molar-refractivity contribution in [1.82, 2.24) is 10.2 Å². The molecule has 0 amide bonds. The van der Waals surface area contributed by atoms with E-state index in [4.69, 9.17) is 0 Å². The molecule has 0 aromatic carbocycles. The van der Waals surface area contributed by atoms with Gasteiger partial charge in [-0.1, -0.05) is 19.8 Å². The average molecular weight is 266 g/mol. The summed E-state index contributed by atoms with van der Waals surface area (Å²) >= 11 is 0. The van der Waals surface area contributed by atoms with Crippen LogP contribution in [0, 0.1) is 5.92 Å². The molecule has 1 saturated carbocycles. The predicted octanol–water partition coefficient (Wildman–Crippen LogP) is 3.81. The minimum atomic E-state index is 0.821. The Morgan fingerprint density at radius 2 is 1.84 bits per heavy atom. The SMILES string of the molecule is CCC1CCC(NCCCN2CCCCC2C)CC1. The van der Waals surface area contributed by atoms with Crippen LogP contribution in [-0.4, -0.2) is 36.6 Å². The number of hydrogen-bond donors (Lipinski definition) is 1. The summed E-state index contributed by atoms with van der Waals surface area (Å²) in [6.45, 7) is 8.61. The van der Waals surface area contributed by atoms with Crippen LogP contribution in [0.3, 0.4) is 0 Å². The van der Waals surface area contributed by atoms with Crippen molar-refractivity contribution in [2.24, 2.45) is 5.92 Å². The molecule has 1 atom stereocenters. The number of nitrogens with one attached hydrogen (secondary N) is 1. The van der Waals surface area contributed by atoms with Crippen LogP contribution in [-0.2, 0) is 0 Å². The predicted molar refractivity (Wildman–Crippen MR) is 83.5 cm³/mol. The van der Waals surface area contributed by atoms with E-state index < -0.39 is 0 Å². The summed E-state index contributed by atoms with van der Waals surface area (Å²) in [5.74, 6) is 1.02. The van der Waals surface area contributed by atoms with Gasteiger partial charge in [0.25, 0.3) is 0 Å². The molecule has 19 heavy (non-hydrogen) atoms. The van der Waals surface area contributed by atoms with E-state index in [0.717, 1.165) is 18.0 Å². The molecule has 0 bridgehead atoms. The fraction of sp³-hybridized carbons (Fsp3) is 1.00. The lowest BCUT2D eigenvalue weighted by molar-refractivity contribution is 0.157. The van der Waals surface area contributed by atoms with Gasteiger partial charge in [0.05, 0.1) is 0 Å². The lowest BCUT2D eigenvalue weighted by atomic mass is 9.84. The number of hydrogen-bond acceptors (Lipinski definition) is 2. The topological polar surface area (TPSA) is 15.3 Å². The van der Waals surface area contributed by atoms with Gasteiger partial charge in [0.15, 0.2) is 0 Å². The molecule has 1 aliphatic carbocycles. The Hall–Kier alpha value is -0.0800. The zero-order chi connectivity index (χ0) is 13.5. The van der Waals surface area contributed by atoms with E-state index in [1.165, 1.54) is 77.4 Å². The van der Waals surface area contributed by atoms with Crippen LogP contribution in [0.5, 0.6) is 0 Å². The number of rotatable bonds is 6. The van der Waals surface area contributed by atoms with Crippen molar-refractivity contribution in [3.63, 3.8) is 0 Å². The minimum Gasteiger partial charge on any atom is -0.314 e. The highest BCUT2D eigenvalue weighted by atomic mass is 15.2. The Kier molecular flexibility index (Phi) is 6.66. The summed E-state index contributed by atoms with van der Waals surface area (Å²) in [5.41, 5.74) is 0. The standard InChI is InChI=1S/C17H34N2/c1-3-16-8-10-17(11-9-16)18-12-6-14-19-13-5-4-7-15(19)2/h15-18H,3-14H2,1-2H3. The second-order valence-electron chi connectivity index (χ2n) is 6.81. The largest absolute Gasteiger partial charge is 0.314 e. The maximum absolute atomic E-state index is 3.79. The summed E-state index contributed by atoms with van der Waals surface area (Å²) in [4.78, 5) is 2.69. The molecule has 1 N–H and O–H groups in total. The Bertz CT molecular complexity index is 233. The van der Waals surface area contributed by atoms with Gasteiger partial charge in [0, 0.05) is 12.1 Å².